The molecule has 0 radical (unpaired) electrons. The standard InChI is InChI=1S/C16H22N2O2S/c1-5-19-14-8-7-13(9-15(14)20-6-2)17-10-16-18-11(3)12(4)21-16/h7-9,17H,5-6,10H2,1-4H3. The average Bonchev–Trinajstić information content (AvgIpc) is 2.78. The Kier molecular flexibility index (Phi) is 5.44. The van der Waals surface area contributed by atoms with Gasteiger partial charge in [0.05, 0.1) is 25.5 Å². The normalized spacial score (nSPS) is 10.5. The number of aromatic nitrogens is 1. The monoisotopic (exact) mass is 306 g/mol. The molecule has 1 N–H and O–H groups in total. The third kappa shape index (κ3) is 4.11. The van der Waals surface area contributed by atoms with E-state index in [1.165, 1.54) is 4.88 Å². The predicted octanol–water partition coefficient (Wildman–Crippen LogP) is 4.17. The highest BCUT2D eigenvalue weighted by Gasteiger charge is 2.07. The number of nitrogens with one attached hydrogen (secondary N) is 1. The molecule has 2 rings (SSSR count). The van der Waals surface area contributed by atoms with E-state index in [9.17, 15) is 0 Å². The van der Waals surface area contributed by atoms with Gasteiger partial charge in [0.2, 0.25) is 0 Å². The first-order valence-corrected chi connectivity index (χ1v) is 8.02. The molecule has 0 aliphatic heterocycles. The number of hydrogen-bond acceptors (Lipinski definition) is 5. The molecule has 1 aromatic carbocycles. The highest BCUT2D eigenvalue weighted by atomic mass is 32.1. The van der Waals surface area contributed by atoms with Crippen LogP contribution < -0.4 is 14.8 Å². The largest absolute Gasteiger partial charge is 0.490 e. The van der Waals surface area contributed by atoms with Crippen LogP contribution in [0.5, 0.6) is 11.5 Å². The summed E-state index contributed by atoms with van der Waals surface area (Å²) in [5, 5.41) is 4.48. The van der Waals surface area contributed by atoms with Crippen LogP contribution in [0.25, 0.3) is 0 Å². The lowest BCUT2D eigenvalue weighted by molar-refractivity contribution is 0.288. The fraction of sp³-hybridized carbons (Fsp3) is 0.438. The molecule has 2 aromatic rings. The number of anilines is 1. The fourth-order valence-corrected chi connectivity index (χ4v) is 2.83. The summed E-state index contributed by atoms with van der Waals surface area (Å²) >= 11 is 1.73. The third-order valence-electron chi connectivity index (χ3n) is 3.06. The van der Waals surface area contributed by atoms with Crippen molar-refractivity contribution in [3.63, 3.8) is 0 Å². The second kappa shape index (κ2) is 7.31. The van der Waals surface area contributed by atoms with Crippen LogP contribution in [0.2, 0.25) is 0 Å². The van der Waals surface area contributed by atoms with Crippen molar-refractivity contribution in [3.05, 3.63) is 33.8 Å². The Hall–Kier alpha value is -1.75. The summed E-state index contributed by atoms with van der Waals surface area (Å²) in [7, 11) is 0. The van der Waals surface area contributed by atoms with E-state index in [0.29, 0.717) is 13.2 Å². The molecule has 4 nitrogen and oxygen atoms in total. The Morgan fingerprint density at radius 1 is 1.10 bits per heavy atom. The van der Waals surface area contributed by atoms with Crippen molar-refractivity contribution in [2.75, 3.05) is 18.5 Å². The molecule has 21 heavy (non-hydrogen) atoms. The minimum atomic E-state index is 0.619. The SMILES string of the molecule is CCOc1ccc(NCc2nc(C)c(C)s2)cc1OCC. The van der Waals surface area contributed by atoms with E-state index in [1.807, 2.05) is 39.0 Å². The maximum atomic E-state index is 5.63. The van der Waals surface area contributed by atoms with Gasteiger partial charge in [0.15, 0.2) is 11.5 Å². The van der Waals surface area contributed by atoms with Crippen LogP contribution in [-0.4, -0.2) is 18.2 Å². The van der Waals surface area contributed by atoms with E-state index in [-0.39, 0.29) is 0 Å². The summed E-state index contributed by atoms with van der Waals surface area (Å²) < 4.78 is 11.2. The summed E-state index contributed by atoms with van der Waals surface area (Å²) in [6.45, 7) is 10.0. The van der Waals surface area contributed by atoms with Gasteiger partial charge in [-0.05, 0) is 39.8 Å². The second-order valence-electron chi connectivity index (χ2n) is 4.63. The Balaban J connectivity index is 2.07. The van der Waals surface area contributed by atoms with Crippen molar-refractivity contribution in [1.82, 2.24) is 4.98 Å². The van der Waals surface area contributed by atoms with Crippen LogP contribution >= 0.6 is 11.3 Å². The van der Waals surface area contributed by atoms with E-state index >= 15 is 0 Å². The van der Waals surface area contributed by atoms with Crippen molar-refractivity contribution in [3.8, 4) is 11.5 Å². The van der Waals surface area contributed by atoms with Gasteiger partial charge in [0.1, 0.15) is 5.01 Å². The lowest BCUT2D eigenvalue weighted by Crippen LogP contribution is -2.02. The Morgan fingerprint density at radius 3 is 2.43 bits per heavy atom. The molecule has 0 aliphatic rings. The van der Waals surface area contributed by atoms with Crippen LogP contribution in [0, 0.1) is 13.8 Å². The molecule has 0 saturated heterocycles. The van der Waals surface area contributed by atoms with Gasteiger partial charge in [-0.25, -0.2) is 4.98 Å². The smallest absolute Gasteiger partial charge is 0.163 e. The molecule has 0 unspecified atom stereocenters. The summed E-state index contributed by atoms with van der Waals surface area (Å²) in [5.74, 6) is 1.56. The fourth-order valence-electron chi connectivity index (χ4n) is 1.95. The molecule has 5 heteroatoms. The molecule has 0 bridgehead atoms. The van der Waals surface area contributed by atoms with E-state index < -0.39 is 0 Å². The van der Waals surface area contributed by atoms with Gasteiger partial charge in [0.25, 0.3) is 0 Å². The van der Waals surface area contributed by atoms with Crippen LogP contribution in [0.4, 0.5) is 5.69 Å². The van der Waals surface area contributed by atoms with Gasteiger partial charge in [-0.3, -0.25) is 0 Å². The molecule has 1 aromatic heterocycles. The minimum absolute atomic E-state index is 0.619. The molecule has 114 valence electrons. The zero-order valence-electron chi connectivity index (χ0n) is 13.0. The molecule has 0 saturated carbocycles. The third-order valence-corrected chi connectivity index (χ3v) is 4.13. The minimum Gasteiger partial charge on any atom is -0.490 e. The number of ether oxygens (including phenoxy) is 2. The first-order chi connectivity index (χ1) is 10.1. The van der Waals surface area contributed by atoms with Crippen LogP contribution in [0.3, 0.4) is 0 Å². The molecular weight excluding hydrogens is 284 g/mol. The van der Waals surface area contributed by atoms with Crippen LogP contribution in [-0.2, 0) is 6.54 Å². The van der Waals surface area contributed by atoms with Crippen molar-refractivity contribution in [2.45, 2.75) is 34.2 Å². The Labute approximate surface area is 130 Å². The zero-order chi connectivity index (χ0) is 15.2. The highest BCUT2D eigenvalue weighted by Crippen LogP contribution is 2.31. The van der Waals surface area contributed by atoms with Gasteiger partial charge in [-0.1, -0.05) is 0 Å². The van der Waals surface area contributed by atoms with E-state index in [4.69, 9.17) is 9.47 Å². The van der Waals surface area contributed by atoms with Crippen molar-refractivity contribution < 1.29 is 9.47 Å². The molecule has 0 amide bonds. The van der Waals surface area contributed by atoms with Gasteiger partial charge >= 0.3 is 0 Å². The first kappa shape index (κ1) is 15.6. The number of nitrogens with zero attached hydrogens (tertiary/aromatic N) is 1. The van der Waals surface area contributed by atoms with E-state index in [2.05, 4.69) is 17.2 Å². The first-order valence-electron chi connectivity index (χ1n) is 7.20. The predicted molar refractivity (Wildman–Crippen MR) is 87.7 cm³/mol. The molecule has 0 fully saturated rings. The molecule has 0 aliphatic carbocycles. The van der Waals surface area contributed by atoms with Gasteiger partial charge < -0.3 is 14.8 Å². The maximum absolute atomic E-state index is 5.63. The van der Waals surface area contributed by atoms with Gasteiger partial charge in [-0.15, -0.1) is 11.3 Å². The summed E-state index contributed by atoms with van der Waals surface area (Å²) in [6, 6.07) is 5.91. The number of rotatable bonds is 7. The number of benzene rings is 1. The molecule has 1 heterocycles. The quantitative estimate of drug-likeness (QED) is 0.834. The Morgan fingerprint density at radius 2 is 1.81 bits per heavy atom. The lowest BCUT2D eigenvalue weighted by Gasteiger charge is -2.13. The zero-order valence-corrected chi connectivity index (χ0v) is 13.8. The van der Waals surface area contributed by atoms with E-state index in [1.54, 1.807) is 11.3 Å². The Bertz CT molecular complexity index is 576. The van der Waals surface area contributed by atoms with Crippen LogP contribution in [0.1, 0.15) is 29.4 Å². The lowest BCUT2D eigenvalue weighted by atomic mass is 10.2. The van der Waals surface area contributed by atoms with Crippen molar-refractivity contribution in [2.24, 2.45) is 0 Å². The number of thiazole rings is 1. The van der Waals surface area contributed by atoms with Gasteiger partial charge in [-0.2, -0.15) is 0 Å². The van der Waals surface area contributed by atoms with Crippen molar-refractivity contribution in [1.29, 1.82) is 0 Å². The summed E-state index contributed by atoms with van der Waals surface area (Å²) in [5.41, 5.74) is 2.12. The summed E-state index contributed by atoms with van der Waals surface area (Å²) in [4.78, 5) is 5.80. The van der Waals surface area contributed by atoms with Crippen molar-refractivity contribution >= 4 is 17.0 Å². The molecular formula is C16H22N2O2S. The molecule has 0 atom stereocenters. The highest BCUT2D eigenvalue weighted by molar-refractivity contribution is 7.11. The second-order valence-corrected chi connectivity index (χ2v) is 5.92. The molecule has 0 spiro atoms. The average molecular weight is 306 g/mol. The maximum Gasteiger partial charge on any atom is 0.163 e. The van der Waals surface area contributed by atoms with E-state index in [0.717, 1.165) is 34.4 Å². The summed E-state index contributed by atoms with van der Waals surface area (Å²) in [6.07, 6.45) is 0. The number of hydrogen-bond donors (Lipinski definition) is 1. The number of aryl methyl sites for hydroxylation is 2. The topological polar surface area (TPSA) is 43.4 Å². The van der Waals surface area contributed by atoms with Crippen LogP contribution in [0.15, 0.2) is 18.2 Å². The van der Waals surface area contributed by atoms with Gasteiger partial charge in [0, 0.05) is 16.6 Å².